The largest absolute Gasteiger partial charge is 0.515 e. The highest BCUT2D eigenvalue weighted by Crippen LogP contribution is 2.78. The Labute approximate surface area is 236 Å². The Balaban J connectivity index is 1.43. The average molecular weight is 560 g/mol. The van der Waals surface area contributed by atoms with Crippen molar-refractivity contribution >= 4 is 17.8 Å². The van der Waals surface area contributed by atoms with Crippen molar-refractivity contribution in [3.63, 3.8) is 0 Å². The van der Waals surface area contributed by atoms with Crippen molar-refractivity contribution in [1.29, 1.82) is 0 Å². The van der Waals surface area contributed by atoms with E-state index in [2.05, 4.69) is 31.7 Å². The van der Waals surface area contributed by atoms with Crippen LogP contribution in [0.25, 0.3) is 0 Å². The number of carbonyl (C=O) groups is 1. The number of ether oxygens (including phenoxy) is 4. The number of methoxy groups -OCH3 is 1. The number of halogens is 1. The van der Waals surface area contributed by atoms with Crippen LogP contribution in [-0.4, -0.2) is 65.8 Å². The lowest BCUT2D eigenvalue weighted by molar-refractivity contribution is -0.312. The van der Waals surface area contributed by atoms with Gasteiger partial charge in [-0.3, -0.25) is 4.90 Å². The van der Waals surface area contributed by atoms with Gasteiger partial charge in [0.15, 0.2) is 17.6 Å². The zero-order valence-corrected chi connectivity index (χ0v) is 24.6. The molecule has 5 fully saturated rings. The fraction of sp³-hybridized carbons (Fsp3) is 0.774. The van der Waals surface area contributed by atoms with Gasteiger partial charge in [0.25, 0.3) is 0 Å². The summed E-state index contributed by atoms with van der Waals surface area (Å²) in [6, 6.07) is 4.09. The first-order valence-corrected chi connectivity index (χ1v) is 15.2. The van der Waals surface area contributed by atoms with E-state index in [1.807, 2.05) is 13.0 Å². The summed E-state index contributed by atoms with van der Waals surface area (Å²) in [5.41, 5.74) is 0.200. The Hall–Kier alpha value is -1.54. The molecule has 1 N–H and O–H groups in total. The second-order valence-electron chi connectivity index (χ2n) is 14.4. The van der Waals surface area contributed by atoms with Crippen LogP contribution in [0.5, 0.6) is 11.5 Å². The number of likely N-dealkylation sites (tertiary alicyclic amines) is 1. The van der Waals surface area contributed by atoms with Crippen molar-refractivity contribution < 1.29 is 28.8 Å². The molecule has 1 aromatic rings. The Morgan fingerprint density at radius 2 is 1.97 bits per heavy atom. The molecule has 7 atom stereocenters. The molecular weight excluding hydrogens is 518 g/mol. The number of piperidine rings is 1. The lowest BCUT2D eigenvalue weighted by atomic mass is 9.33. The molecule has 0 radical (unpaired) electrons. The molecule has 1 saturated heterocycles. The van der Waals surface area contributed by atoms with Crippen LogP contribution < -0.4 is 9.47 Å². The van der Waals surface area contributed by atoms with E-state index in [0.29, 0.717) is 17.5 Å². The maximum absolute atomic E-state index is 12.4. The fourth-order valence-corrected chi connectivity index (χ4v) is 9.90. The number of rotatable bonds is 6. The van der Waals surface area contributed by atoms with Crippen LogP contribution in [0.4, 0.5) is 4.79 Å². The molecule has 39 heavy (non-hydrogen) atoms. The van der Waals surface area contributed by atoms with Crippen molar-refractivity contribution in [3.8, 4) is 11.5 Å². The molecule has 2 aliphatic heterocycles. The van der Waals surface area contributed by atoms with E-state index < -0.39 is 17.4 Å². The Kier molecular flexibility index (Phi) is 5.59. The normalized spacial score (nSPS) is 39.5. The highest BCUT2D eigenvalue weighted by atomic mass is 35.5. The van der Waals surface area contributed by atoms with Crippen LogP contribution in [-0.2, 0) is 21.3 Å². The number of fused-ring (bicyclic) bond motifs is 2. The molecule has 5 aliphatic carbocycles. The van der Waals surface area contributed by atoms with Crippen molar-refractivity contribution in [3.05, 3.63) is 23.3 Å². The van der Waals surface area contributed by atoms with Gasteiger partial charge in [-0.2, -0.15) is 0 Å². The molecule has 4 bridgehead atoms. The number of hydrogen-bond acceptors (Lipinski definition) is 7. The molecule has 1 unspecified atom stereocenters. The Morgan fingerprint density at radius 3 is 2.64 bits per heavy atom. The second-order valence-corrected chi connectivity index (χ2v) is 14.6. The average Bonchev–Trinajstić information content (AvgIpc) is 3.62. The van der Waals surface area contributed by atoms with Gasteiger partial charge in [0, 0.05) is 42.0 Å². The summed E-state index contributed by atoms with van der Waals surface area (Å²) >= 11 is 5.63. The third-order valence-corrected chi connectivity index (χ3v) is 12.3. The van der Waals surface area contributed by atoms with E-state index in [-0.39, 0.29) is 34.3 Å². The molecule has 4 saturated carbocycles. The zero-order valence-electron chi connectivity index (χ0n) is 23.8. The highest BCUT2D eigenvalue weighted by molar-refractivity contribution is 6.17. The third kappa shape index (κ3) is 3.19. The standard InChI is InChI=1S/C31H42ClNO6/c1-27(2,3)28(4,35)21-15-29-10-11-31(21,36-5)25-30(29)12-13-33(16-18-6-7-18)22(29)14-19-8-9-20(24(39-25)23(19)30)38-26(34)37-17-32/h8-9,18,21-22,25,35H,6-7,10-17H2,1-5H3/t21-,22?,25-,28+,29-,30+,31+/m1/s1. The predicted octanol–water partition coefficient (Wildman–Crippen LogP) is 5.42. The zero-order chi connectivity index (χ0) is 27.6. The molecule has 2 spiro atoms. The van der Waals surface area contributed by atoms with Gasteiger partial charge in [-0.15, -0.1) is 0 Å². The van der Waals surface area contributed by atoms with Crippen molar-refractivity contribution in [1.82, 2.24) is 4.90 Å². The van der Waals surface area contributed by atoms with E-state index >= 15 is 0 Å². The number of benzene rings is 1. The minimum Gasteiger partial charge on any atom is -0.482 e. The lowest BCUT2D eigenvalue weighted by Crippen LogP contribution is -2.83. The van der Waals surface area contributed by atoms with E-state index in [4.69, 9.17) is 30.5 Å². The van der Waals surface area contributed by atoms with E-state index in [9.17, 15) is 9.90 Å². The topological polar surface area (TPSA) is 77.5 Å². The summed E-state index contributed by atoms with van der Waals surface area (Å²) in [5.74, 6) is 1.74. The lowest BCUT2D eigenvalue weighted by Gasteiger charge is -2.75. The van der Waals surface area contributed by atoms with E-state index in [1.54, 1.807) is 7.11 Å². The van der Waals surface area contributed by atoms with E-state index in [1.165, 1.54) is 24.0 Å². The number of carbonyl (C=O) groups excluding carboxylic acids is 1. The highest BCUT2D eigenvalue weighted by Gasteiger charge is 2.82. The van der Waals surface area contributed by atoms with Gasteiger partial charge in [0.05, 0.1) is 5.60 Å². The smallest absolute Gasteiger partial charge is 0.482 e. The minimum atomic E-state index is -0.977. The Bertz CT molecular complexity index is 1210. The second kappa shape index (κ2) is 8.27. The summed E-state index contributed by atoms with van der Waals surface area (Å²) < 4.78 is 24.2. The summed E-state index contributed by atoms with van der Waals surface area (Å²) in [6.45, 7) is 10.6. The molecule has 8 rings (SSSR count). The molecule has 8 heteroatoms. The fourth-order valence-electron chi connectivity index (χ4n) is 9.81. The molecule has 7 aliphatic rings. The summed E-state index contributed by atoms with van der Waals surface area (Å²) in [7, 11) is 1.80. The quantitative estimate of drug-likeness (QED) is 0.283. The molecular formula is C31H42ClNO6. The van der Waals surface area contributed by atoms with Gasteiger partial charge in [-0.1, -0.05) is 38.4 Å². The summed E-state index contributed by atoms with van der Waals surface area (Å²) in [4.78, 5) is 15.1. The SMILES string of the molecule is CO[C@@]12CC[C@@]3(C[C@@H]1[C@](C)(O)C(C)(C)C)C1Cc4ccc(OC(=O)OCCl)c5c4[C@@]3(CCN1CC1CC1)[C@H]2O5. The molecule has 7 nitrogen and oxygen atoms in total. The maximum Gasteiger partial charge on any atom is 0.515 e. The predicted molar refractivity (Wildman–Crippen MR) is 146 cm³/mol. The summed E-state index contributed by atoms with van der Waals surface area (Å²) in [5, 5.41) is 12.3. The molecule has 1 aromatic carbocycles. The molecule has 0 amide bonds. The minimum absolute atomic E-state index is 0.0570. The van der Waals surface area contributed by atoms with Gasteiger partial charge >= 0.3 is 6.16 Å². The first kappa shape index (κ1) is 26.4. The van der Waals surface area contributed by atoms with Gasteiger partial charge in [-0.25, -0.2) is 4.79 Å². The van der Waals surface area contributed by atoms with Crippen LogP contribution in [0.2, 0.25) is 0 Å². The first-order valence-electron chi connectivity index (χ1n) is 14.7. The number of alkyl halides is 1. The van der Waals surface area contributed by atoms with Gasteiger partial charge in [-0.05, 0) is 81.4 Å². The Morgan fingerprint density at radius 1 is 1.21 bits per heavy atom. The molecule has 0 aromatic heterocycles. The van der Waals surface area contributed by atoms with Crippen LogP contribution in [0, 0.1) is 22.7 Å². The van der Waals surface area contributed by atoms with Crippen molar-refractivity contribution in [2.45, 2.75) is 101 Å². The van der Waals surface area contributed by atoms with Crippen LogP contribution in [0.3, 0.4) is 0 Å². The monoisotopic (exact) mass is 559 g/mol. The number of hydrogen-bond donors (Lipinski definition) is 1. The third-order valence-electron chi connectivity index (χ3n) is 12.2. The van der Waals surface area contributed by atoms with Crippen LogP contribution in [0.1, 0.15) is 77.3 Å². The van der Waals surface area contributed by atoms with Gasteiger partial charge in [0.2, 0.25) is 0 Å². The first-order chi connectivity index (χ1) is 18.4. The van der Waals surface area contributed by atoms with Crippen LogP contribution >= 0.6 is 11.6 Å². The van der Waals surface area contributed by atoms with Gasteiger partial charge < -0.3 is 24.1 Å². The molecule has 2 heterocycles. The van der Waals surface area contributed by atoms with Crippen molar-refractivity contribution in [2.75, 3.05) is 26.3 Å². The molecule has 214 valence electrons. The van der Waals surface area contributed by atoms with E-state index in [0.717, 1.165) is 51.1 Å². The summed E-state index contributed by atoms with van der Waals surface area (Å²) in [6.07, 6.45) is 6.27. The van der Waals surface area contributed by atoms with Crippen molar-refractivity contribution in [2.24, 2.45) is 22.7 Å². The van der Waals surface area contributed by atoms with Gasteiger partial charge in [0.1, 0.15) is 11.7 Å². The number of nitrogens with zero attached hydrogens (tertiary/aromatic N) is 1. The maximum atomic E-state index is 12.4. The van der Waals surface area contributed by atoms with Crippen LogP contribution in [0.15, 0.2) is 12.1 Å². The number of aliphatic hydroxyl groups is 1.